The van der Waals surface area contributed by atoms with Gasteiger partial charge in [-0.1, -0.05) is 146 Å². The summed E-state index contributed by atoms with van der Waals surface area (Å²) >= 11 is 0. The predicted octanol–water partition coefficient (Wildman–Crippen LogP) is 13.7. The number of para-hydroxylation sites is 2. The Balaban J connectivity index is 0.996. The van der Waals surface area contributed by atoms with Crippen LogP contribution in [0.3, 0.4) is 0 Å². The molecule has 0 saturated heterocycles. The predicted molar refractivity (Wildman–Crippen MR) is 208 cm³/mol. The summed E-state index contributed by atoms with van der Waals surface area (Å²) in [6.45, 7) is 0. The first-order valence-corrected chi connectivity index (χ1v) is 17.0. The molecule has 8 aromatic carbocycles. The monoisotopic (exact) mass is 658 g/mol. The maximum absolute atomic E-state index is 6.43. The number of rotatable bonds is 10. The van der Waals surface area contributed by atoms with Crippen LogP contribution in [0.1, 0.15) is 0 Å². The number of hydrogen-bond donors (Lipinski definition) is 0. The first-order valence-electron chi connectivity index (χ1n) is 17.0. The fourth-order valence-corrected chi connectivity index (χ4v) is 6.17. The van der Waals surface area contributed by atoms with Crippen molar-refractivity contribution in [1.82, 2.24) is 0 Å². The first-order chi connectivity index (χ1) is 25.2. The lowest BCUT2D eigenvalue weighted by Gasteiger charge is -2.13. The van der Waals surface area contributed by atoms with Crippen molar-refractivity contribution in [2.45, 2.75) is 0 Å². The van der Waals surface area contributed by atoms with E-state index in [1.807, 2.05) is 121 Å². The standard InChI is InChI=1S/C48H34O3/c1-3-15-35(16-4-1)45-27-7-9-29-47(45)50-43-25-13-21-39(33-43)37-19-11-23-41(31-37)49-42-24-12-20-38(32-42)40-22-14-26-44(34-40)51-48-30-10-8-28-46(48)36-17-5-2-6-18-36/h1-34H. The van der Waals surface area contributed by atoms with Gasteiger partial charge < -0.3 is 14.2 Å². The van der Waals surface area contributed by atoms with Gasteiger partial charge in [0.2, 0.25) is 0 Å². The van der Waals surface area contributed by atoms with Gasteiger partial charge in [-0.3, -0.25) is 0 Å². The van der Waals surface area contributed by atoms with Gasteiger partial charge in [0.15, 0.2) is 0 Å². The molecule has 0 bridgehead atoms. The lowest BCUT2D eigenvalue weighted by Crippen LogP contribution is -1.90. The number of ether oxygens (including phenoxy) is 3. The van der Waals surface area contributed by atoms with Gasteiger partial charge >= 0.3 is 0 Å². The van der Waals surface area contributed by atoms with Crippen LogP contribution in [0, 0.1) is 0 Å². The highest BCUT2D eigenvalue weighted by atomic mass is 16.5. The van der Waals surface area contributed by atoms with Crippen molar-refractivity contribution in [2.75, 3.05) is 0 Å². The Bertz CT molecular complexity index is 2230. The normalized spacial score (nSPS) is 10.7. The zero-order valence-electron chi connectivity index (χ0n) is 27.9. The maximum atomic E-state index is 6.43. The summed E-state index contributed by atoms with van der Waals surface area (Å²) in [5, 5.41) is 0. The second kappa shape index (κ2) is 14.7. The van der Waals surface area contributed by atoms with Crippen molar-refractivity contribution < 1.29 is 14.2 Å². The van der Waals surface area contributed by atoms with Crippen LogP contribution in [-0.4, -0.2) is 0 Å². The molecule has 0 aromatic heterocycles. The molecule has 3 heteroatoms. The zero-order valence-corrected chi connectivity index (χ0v) is 27.9. The van der Waals surface area contributed by atoms with Crippen molar-refractivity contribution >= 4 is 0 Å². The van der Waals surface area contributed by atoms with E-state index >= 15 is 0 Å². The lowest BCUT2D eigenvalue weighted by molar-refractivity contribution is 0.482. The molecule has 0 aliphatic carbocycles. The molecular weight excluding hydrogens is 625 g/mol. The van der Waals surface area contributed by atoms with Crippen LogP contribution in [0.15, 0.2) is 206 Å². The van der Waals surface area contributed by atoms with Gasteiger partial charge in [0, 0.05) is 11.1 Å². The molecule has 3 nitrogen and oxygen atoms in total. The van der Waals surface area contributed by atoms with Crippen molar-refractivity contribution in [3.8, 4) is 79.0 Å². The Kier molecular flexibility index (Phi) is 9.08. The molecule has 0 N–H and O–H groups in total. The molecule has 0 fully saturated rings. The molecule has 0 saturated carbocycles. The van der Waals surface area contributed by atoms with E-state index in [1.165, 1.54) is 0 Å². The lowest BCUT2D eigenvalue weighted by atomic mass is 10.0. The molecule has 0 unspecified atom stereocenters. The third-order valence-electron chi connectivity index (χ3n) is 8.64. The summed E-state index contributed by atoms with van der Waals surface area (Å²) in [5.41, 5.74) is 8.47. The second-order valence-corrected chi connectivity index (χ2v) is 12.1. The summed E-state index contributed by atoms with van der Waals surface area (Å²) in [6.07, 6.45) is 0. The third-order valence-corrected chi connectivity index (χ3v) is 8.64. The molecule has 51 heavy (non-hydrogen) atoms. The van der Waals surface area contributed by atoms with Crippen LogP contribution < -0.4 is 14.2 Å². The second-order valence-electron chi connectivity index (χ2n) is 12.1. The Labute approximate surface area is 298 Å². The molecule has 0 heterocycles. The molecule has 0 aliphatic rings. The van der Waals surface area contributed by atoms with Crippen LogP contribution in [0.2, 0.25) is 0 Å². The topological polar surface area (TPSA) is 27.7 Å². The molecule has 244 valence electrons. The largest absolute Gasteiger partial charge is 0.457 e. The Morgan fingerprint density at radius 3 is 0.882 bits per heavy atom. The van der Waals surface area contributed by atoms with Crippen molar-refractivity contribution in [3.05, 3.63) is 206 Å². The van der Waals surface area contributed by atoms with Gasteiger partial charge in [0.1, 0.15) is 34.5 Å². The smallest absolute Gasteiger partial charge is 0.135 e. The van der Waals surface area contributed by atoms with E-state index in [1.54, 1.807) is 0 Å². The highest BCUT2D eigenvalue weighted by Gasteiger charge is 2.11. The Hall–Kier alpha value is -6.84. The van der Waals surface area contributed by atoms with Crippen LogP contribution in [0.4, 0.5) is 0 Å². The molecule has 8 aromatic rings. The molecule has 0 amide bonds. The number of hydrogen-bond acceptors (Lipinski definition) is 3. The van der Waals surface area contributed by atoms with E-state index in [-0.39, 0.29) is 0 Å². The van der Waals surface area contributed by atoms with Gasteiger partial charge in [-0.2, -0.15) is 0 Å². The highest BCUT2D eigenvalue weighted by Crippen LogP contribution is 2.37. The molecule has 0 atom stereocenters. The van der Waals surface area contributed by atoms with Crippen LogP contribution >= 0.6 is 0 Å². The summed E-state index contributed by atoms with van der Waals surface area (Å²) in [4.78, 5) is 0. The van der Waals surface area contributed by atoms with E-state index in [9.17, 15) is 0 Å². The minimum Gasteiger partial charge on any atom is -0.457 e. The van der Waals surface area contributed by atoms with E-state index < -0.39 is 0 Å². The summed E-state index contributed by atoms with van der Waals surface area (Å²) in [6, 6.07) is 69.4. The maximum Gasteiger partial charge on any atom is 0.135 e. The SMILES string of the molecule is c1ccc(-c2ccccc2Oc2cccc(-c3cccc(Oc4cccc(-c5cccc(Oc6ccccc6-c6ccccc6)c5)c4)c3)c2)cc1. The van der Waals surface area contributed by atoms with Crippen molar-refractivity contribution in [1.29, 1.82) is 0 Å². The quantitative estimate of drug-likeness (QED) is 0.146. The summed E-state index contributed by atoms with van der Waals surface area (Å²) < 4.78 is 19.3. The average Bonchev–Trinajstić information content (AvgIpc) is 3.19. The molecule has 0 aliphatic heterocycles. The van der Waals surface area contributed by atoms with Crippen molar-refractivity contribution in [2.24, 2.45) is 0 Å². The first kappa shape index (κ1) is 31.4. The van der Waals surface area contributed by atoms with Crippen LogP contribution in [0.25, 0.3) is 44.5 Å². The van der Waals surface area contributed by atoms with Gasteiger partial charge in [-0.25, -0.2) is 0 Å². The summed E-state index contributed by atoms with van der Waals surface area (Å²) in [5.74, 6) is 4.66. The Morgan fingerprint density at radius 1 is 0.216 bits per heavy atom. The molecule has 0 radical (unpaired) electrons. The van der Waals surface area contributed by atoms with Crippen molar-refractivity contribution in [3.63, 3.8) is 0 Å². The van der Waals surface area contributed by atoms with Gasteiger partial charge in [-0.15, -0.1) is 0 Å². The van der Waals surface area contributed by atoms with Gasteiger partial charge in [0.25, 0.3) is 0 Å². The highest BCUT2D eigenvalue weighted by molar-refractivity contribution is 5.73. The van der Waals surface area contributed by atoms with Crippen LogP contribution in [0.5, 0.6) is 34.5 Å². The van der Waals surface area contributed by atoms with E-state index in [0.29, 0.717) is 0 Å². The fraction of sp³-hybridized carbons (Fsp3) is 0. The zero-order chi connectivity index (χ0) is 34.2. The Morgan fingerprint density at radius 2 is 0.510 bits per heavy atom. The van der Waals surface area contributed by atoms with Gasteiger partial charge in [-0.05, 0) is 94.0 Å². The average molecular weight is 659 g/mol. The van der Waals surface area contributed by atoms with E-state index in [0.717, 1.165) is 79.0 Å². The van der Waals surface area contributed by atoms with Crippen LogP contribution in [-0.2, 0) is 0 Å². The number of benzene rings is 8. The van der Waals surface area contributed by atoms with E-state index in [4.69, 9.17) is 14.2 Å². The summed E-state index contributed by atoms with van der Waals surface area (Å²) in [7, 11) is 0. The fourth-order valence-electron chi connectivity index (χ4n) is 6.17. The molecule has 0 spiro atoms. The van der Waals surface area contributed by atoms with Gasteiger partial charge in [0.05, 0.1) is 0 Å². The third kappa shape index (κ3) is 7.44. The van der Waals surface area contributed by atoms with E-state index in [2.05, 4.69) is 84.9 Å². The molecular formula is C48H34O3. The molecule has 8 rings (SSSR count). The minimum absolute atomic E-state index is 0.750. The minimum atomic E-state index is 0.750.